The number of hydrogen-bond acceptors (Lipinski definition) is 5. The van der Waals surface area contributed by atoms with Gasteiger partial charge >= 0.3 is 12.1 Å². The Kier molecular flexibility index (Phi) is 4.99. The second kappa shape index (κ2) is 7.04. The summed E-state index contributed by atoms with van der Waals surface area (Å²) < 4.78 is 10.8. The van der Waals surface area contributed by atoms with Gasteiger partial charge in [0.25, 0.3) is 0 Å². The first-order chi connectivity index (χ1) is 11.8. The number of nitrogens with zero attached hydrogens (tertiary/aromatic N) is 2. The molecule has 0 saturated carbocycles. The molecule has 6 heteroatoms. The van der Waals surface area contributed by atoms with Crippen LogP contribution in [0.15, 0.2) is 30.3 Å². The lowest BCUT2D eigenvalue weighted by atomic mass is 9.88. The van der Waals surface area contributed by atoms with E-state index in [1.54, 1.807) is 0 Å². The fourth-order valence-electron chi connectivity index (χ4n) is 3.41. The van der Waals surface area contributed by atoms with Crippen LogP contribution in [0.3, 0.4) is 0 Å². The maximum Gasteiger partial charge on any atom is 0.410 e. The SMILES string of the molecule is CC(C)(C)OC(=O)N1C2CC1CN(CC(=O)OCc1ccccc1)C2. The number of piperidine rings is 1. The predicted molar refractivity (Wildman–Crippen MR) is 92.9 cm³/mol. The molecule has 3 saturated heterocycles. The molecule has 4 rings (SSSR count). The molecule has 0 spiro atoms. The first-order valence-electron chi connectivity index (χ1n) is 8.75. The molecular weight excluding hydrogens is 320 g/mol. The fraction of sp³-hybridized carbons (Fsp3) is 0.579. The first-order valence-corrected chi connectivity index (χ1v) is 8.75. The third kappa shape index (κ3) is 4.51. The zero-order valence-corrected chi connectivity index (χ0v) is 15.1. The van der Waals surface area contributed by atoms with Crippen molar-refractivity contribution in [3.05, 3.63) is 35.9 Å². The van der Waals surface area contributed by atoms with Crippen LogP contribution < -0.4 is 0 Å². The minimum atomic E-state index is -0.484. The minimum Gasteiger partial charge on any atom is -0.460 e. The largest absolute Gasteiger partial charge is 0.460 e. The van der Waals surface area contributed by atoms with Gasteiger partial charge in [0, 0.05) is 13.1 Å². The molecule has 3 aliphatic heterocycles. The van der Waals surface area contributed by atoms with Gasteiger partial charge in [0.1, 0.15) is 12.2 Å². The van der Waals surface area contributed by atoms with E-state index in [1.807, 2.05) is 56.0 Å². The molecule has 2 unspecified atom stereocenters. The highest BCUT2D eigenvalue weighted by Crippen LogP contribution is 2.33. The molecule has 136 valence electrons. The number of rotatable bonds is 4. The molecule has 1 amide bonds. The highest BCUT2D eigenvalue weighted by atomic mass is 16.6. The summed E-state index contributed by atoms with van der Waals surface area (Å²) in [6, 6.07) is 9.91. The van der Waals surface area contributed by atoms with E-state index >= 15 is 0 Å². The van der Waals surface area contributed by atoms with Gasteiger partial charge in [0.2, 0.25) is 0 Å². The molecule has 25 heavy (non-hydrogen) atoms. The molecular formula is C19H26N2O4. The molecule has 0 N–H and O–H groups in total. The Labute approximate surface area is 148 Å². The molecule has 3 aliphatic rings. The normalized spacial score (nSPS) is 22.9. The summed E-state index contributed by atoms with van der Waals surface area (Å²) in [4.78, 5) is 28.2. The van der Waals surface area contributed by atoms with Crippen molar-refractivity contribution in [3.8, 4) is 0 Å². The van der Waals surface area contributed by atoms with E-state index in [1.165, 1.54) is 0 Å². The summed E-state index contributed by atoms with van der Waals surface area (Å²) in [5.41, 5.74) is 0.496. The standard InChI is InChI=1S/C19H26N2O4/c1-19(2,3)25-18(23)21-15-9-16(21)11-20(10-15)12-17(22)24-13-14-7-5-4-6-8-14/h4-8,15-16H,9-13H2,1-3H3. The molecule has 6 nitrogen and oxygen atoms in total. The molecule has 0 aromatic heterocycles. The van der Waals surface area contributed by atoms with Crippen LogP contribution in [0.2, 0.25) is 0 Å². The van der Waals surface area contributed by atoms with Crippen LogP contribution >= 0.6 is 0 Å². The lowest BCUT2D eigenvalue weighted by molar-refractivity contribution is -0.149. The molecule has 2 bridgehead atoms. The Morgan fingerprint density at radius 3 is 2.36 bits per heavy atom. The van der Waals surface area contributed by atoms with Gasteiger partial charge in [-0.1, -0.05) is 30.3 Å². The van der Waals surface area contributed by atoms with Crippen molar-refractivity contribution in [3.63, 3.8) is 0 Å². The number of esters is 1. The first kappa shape index (κ1) is 17.7. The maximum atomic E-state index is 12.2. The predicted octanol–water partition coefficient (Wildman–Crippen LogP) is 2.42. The van der Waals surface area contributed by atoms with Crippen LogP contribution in [0.4, 0.5) is 4.79 Å². The van der Waals surface area contributed by atoms with Gasteiger partial charge in [-0.25, -0.2) is 4.79 Å². The third-order valence-corrected chi connectivity index (χ3v) is 4.47. The number of piperazine rings is 1. The van der Waals surface area contributed by atoms with E-state index in [-0.39, 0.29) is 30.7 Å². The van der Waals surface area contributed by atoms with E-state index in [9.17, 15) is 9.59 Å². The van der Waals surface area contributed by atoms with Crippen molar-refractivity contribution in [2.24, 2.45) is 0 Å². The number of amides is 1. The van der Waals surface area contributed by atoms with Gasteiger partial charge in [-0.05, 0) is 32.8 Å². The maximum absolute atomic E-state index is 12.2. The summed E-state index contributed by atoms with van der Waals surface area (Å²) in [5, 5.41) is 0. The Morgan fingerprint density at radius 1 is 1.12 bits per heavy atom. The zero-order chi connectivity index (χ0) is 18.0. The van der Waals surface area contributed by atoms with Crippen molar-refractivity contribution < 1.29 is 19.1 Å². The van der Waals surface area contributed by atoms with Crippen molar-refractivity contribution >= 4 is 12.1 Å². The van der Waals surface area contributed by atoms with Gasteiger partial charge in [-0.2, -0.15) is 0 Å². The van der Waals surface area contributed by atoms with Crippen molar-refractivity contribution in [1.29, 1.82) is 0 Å². The van der Waals surface area contributed by atoms with Gasteiger partial charge < -0.3 is 9.47 Å². The van der Waals surface area contributed by atoms with Crippen LogP contribution in [0.25, 0.3) is 0 Å². The van der Waals surface area contributed by atoms with Crippen LogP contribution in [0.1, 0.15) is 32.8 Å². The van der Waals surface area contributed by atoms with E-state index in [0.717, 1.165) is 12.0 Å². The molecule has 2 atom stereocenters. The summed E-state index contributed by atoms with van der Waals surface area (Å²) in [5.74, 6) is -0.228. The third-order valence-electron chi connectivity index (χ3n) is 4.47. The van der Waals surface area contributed by atoms with Gasteiger partial charge in [-0.3, -0.25) is 14.6 Å². The summed E-state index contributed by atoms with van der Waals surface area (Å²) in [6.07, 6.45) is 0.731. The highest BCUT2D eigenvalue weighted by Gasteiger charge is 2.48. The molecule has 1 aromatic rings. The Balaban J connectivity index is 1.43. The average molecular weight is 346 g/mol. The van der Waals surface area contributed by atoms with E-state index < -0.39 is 5.60 Å². The van der Waals surface area contributed by atoms with E-state index in [2.05, 4.69) is 4.90 Å². The lowest BCUT2D eigenvalue weighted by Crippen LogP contribution is -2.70. The van der Waals surface area contributed by atoms with Crippen molar-refractivity contribution in [1.82, 2.24) is 9.80 Å². The van der Waals surface area contributed by atoms with E-state index in [0.29, 0.717) is 19.7 Å². The number of hydrogen-bond donors (Lipinski definition) is 0. The lowest BCUT2D eigenvalue weighted by Gasteiger charge is -2.55. The fourth-order valence-corrected chi connectivity index (χ4v) is 3.41. The summed E-state index contributed by atoms with van der Waals surface area (Å²) in [6.45, 7) is 7.55. The quantitative estimate of drug-likeness (QED) is 0.784. The van der Waals surface area contributed by atoms with Crippen LogP contribution in [0, 0.1) is 0 Å². The minimum absolute atomic E-state index is 0.135. The molecule has 0 aliphatic carbocycles. The summed E-state index contributed by atoms with van der Waals surface area (Å²) >= 11 is 0. The Bertz CT molecular complexity index is 614. The van der Waals surface area contributed by atoms with Gasteiger partial charge in [0.15, 0.2) is 0 Å². The zero-order valence-electron chi connectivity index (χ0n) is 15.1. The number of carbonyl (C=O) groups excluding carboxylic acids is 2. The summed E-state index contributed by atoms with van der Waals surface area (Å²) in [7, 11) is 0. The molecule has 1 aromatic carbocycles. The molecule has 0 radical (unpaired) electrons. The van der Waals surface area contributed by atoms with Gasteiger partial charge in [0.05, 0.1) is 18.6 Å². The van der Waals surface area contributed by atoms with Crippen LogP contribution in [-0.2, 0) is 20.9 Å². The monoisotopic (exact) mass is 346 g/mol. The van der Waals surface area contributed by atoms with E-state index in [4.69, 9.17) is 9.47 Å². The second-order valence-corrected chi connectivity index (χ2v) is 7.77. The smallest absolute Gasteiger partial charge is 0.410 e. The number of fused-ring (bicyclic) bond motifs is 2. The van der Waals surface area contributed by atoms with Gasteiger partial charge in [-0.15, -0.1) is 0 Å². The molecule has 3 fully saturated rings. The second-order valence-electron chi connectivity index (χ2n) is 7.77. The number of ether oxygens (including phenoxy) is 2. The molecule has 3 heterocycles. The number of carbonyl (C=O) groups is 2. The highest BCUT2D eigenvalue weighted by molar-refractivity contribution is 5.72. The number of benzene rings is 1. The van der Waals surface area contributed by atoms with Crippen LogP contribution in [0.5, 0.6) is 0 Å². The van der Waals surface area contributed by atoms with Crippen LogP contribution in [-0.4, -0.2) is 59.2 Å². The van der Waals surface area contributed by atoms with Crippen molar-refractivity contribution in [2.45, 2.75) is 51.5 Å². The Hall–Kier alpha value is -2.08. The Morgan fingerprint density at radius 2 is 1.76 bits per heavy atom. The average Bonchev–Trinajstić information content (AvgIpc) is 2.52. The van der Waals surface area contributed by atoms with Crippen molar-refractivity contribution in [2.75, 3.05) is 19.6 Å². The topological polar surface area (TPSA) is 59.1 Å².